The first kappa shape index (κ1) is 22.0. The molecule has 0 spiro atoms. The Hall–Kier alpha value is -3.82. The fraction of sp³-hybridized carbons (Fsp3) is 0.375. The van der Waals surface area contributed by atoms with Crippen molar-refractivity contribution in [2.24, 2.45) is 11.8 Å². The topological polar surface area (TPSA) is 104 Å². The Labute approximate surface area is 194 Å². The molecular formula is C24H23FN4O5. The summed E-state index contributed by atoms with van der Waals surface area (Å²) in [5.41, 5.74) is 0.968. The molecule has 3 unspecified atom stereocenters. The van der Waals surface area contributed by atoms with Crippen molar-refractivity contribution in [3.05, 3.63) is 42.2 Å². The highest BCUT2D eigenvalue weighted by Crippen LogP contribution is 2.41. The van der Waals surface area contributed by atoms with Gasteiger partial charge in [0.2, 0.25) is 11.8 Å². The van der Waals surface area contributed by atoms with Crippen LogP contribution in [0.1, 0.15) is 32.6 Å². The normalized spacial score (nSPS) is 21.0. The number of hydrogen-bond donors (Lipinski definition) is 0. The maximum absolute atomic E-state index is 15.1. The molecule has 0 bridgehead atoms. The maximum Gasteiger partial charge on any atom is 0.346 e. The summed E-state index contributed by atoms with van der Waals surface area (Å²) in [6.45, 7) is 1.56. The van der Waals surface area contributed by atoms with Crippen molar-refractivity contribution in [2.75, 3.05) is 12.0 Å². The molecule has 10 heteroatoms. The first-order chi connectivity index (χ1) is 16.4. The molecule has 2 aromatic carbocycles. The number of benzene rings is 2. The molecule has 9 nitrogen and oxygen atoms in total. The van der Waals surface area contributed by atoms with E-state index in [1.54, 1.807) is 31.2 Å². The van der Waals surface area contributed by atoms with Gasteiger partial charge in [0.1, 0.15) is 22.8 Å². The van der Waals surface area contributed by atoms with E-state index >= 15 is 4.39 Å². The molecule has 2 amide bonds. The van der Waals surface area contributed by atoms with Crippen molar-refractivity contribution in [2.45, 2.75) is 38.7 Å². The Morgan fingerprint density at radius 1 is 1.09 bits per heavy atom. The fourth-order valence-corrected chi connectivity index (χ4v) is 4.82. The smallest absolute Gasteiger partial charge is 0.346 e. The first-order valence-corrected chi connectivity index (χ1v) is 11.2. The molecule has 1 aliphatic carbocycles. The average molecular weight is 466 g/mol. The summed E-state index contributed by atoms with van der Waals surface area (Å²) >= 11 is 0. The number of para-hydroxylation sites is 2. The second-order valence-corrected chi connectivity index (χ2v) is 8.55. The third kappa shape index (κ3) is 3.49. The van der Waals surface area contributed by atoms with E-state index in [2.05, 4.69) is 10.3 Å². The van der Waals surface area contributed by atoms with Crippen LogP contribution in [0.5, 0.6) is 5.75 Å². The van der Waals surface area contributed by atoms with Gasteiger partial charge in [0.15, 0.2) is 6.10 Å². The Morgan fingerprint density at radius 3 is 2.44 bits per heavy atom. The van der Waals surface area contributed by atoms with Gasteiger partial charge < -0.3 is 9.47 Å². The average Bonchev–Trinajstić information content (AvgIpc) is 3.36. The van der Waals surface area contributed by atoms with Gasteiger partial charge in [-0.05, 0) is 38.0 Å². The van der Waals surface area contributed by atoms with Gasteiger partial charge in [0.05, 0.1) is 30.1 Å². The summed E-state index contributed by atoms with van der Waals surface area (Å²) in [4.78, 5) is 38.9. The molecule has 0 N–H and O–H groups in total. The Kier molecular flexibility index (Phi) is 5.51. The van der Waals surface area contributed by atoms with Gasteiger partial charge in [0, 0.05) is 6.07 Å². The van der Waals surface area contributed by atoms with Crippen LogP contribution < -0.4 is 9.64 Å². The van der Waals surface area contributed by atoms with Crippen molar-refractivity contribution in [1.29, 1.82) is 0 Å². The Morgan fingerprint density at radius 2 is 1.76 bits per heavy atom. The molecule has 3 aromatic rings. The van der Waals surface area contributed by atoms with E-state index in [0.717, 1.165) is 23.8 Å². The van der Waals surface area contributed by atoms with Crippen LogP contribution in [0.2, 0.25) is 0 Å². The number of hydrogen-bond acceptors (Lipinski definition) is 7. The van der Waals surface area contributed by atoms with E-state index in [-0.39, 0.29) is 23.0 Å². The van der Waals surface area contributed by atoms with Gasteiger partial charge in [0.25, 0.3) is 0 Å². The lowest BCUT2D eigenvalue weighted by Gasteiger charge is -2.19. The number of ether oxygens (including phenoxy) is 2. The Bertz CT molecular complexity index is 1280. The zero-order valence-corrected chi connectivity index (χ0v) is 18.7. The number of rotatable bonds is 5. The van der Waals surface area contributed by atoms with Crippen molar-refractivity contribution >= 4 is 34.5 Å². The standard InChI is InChI=1S/C24H23FN4O5/c1-13(24(32)33-2)34-21-10-6-5-9-18(21)29-20-12-19(16(25)11-17(20)26-27-29)28-22(30)14-7-3-4-8-15(14)23(28)31/h5-6,9-15H,3-4,7-8H2,1-2H3. The van der Waals surface area contributed by atoms with Gasteiger partial charge >= 0.3 is 5.97 Å². The predicted molar refractivity (Wildman–Crippen MR) is 119 cm³/mol. The van der Waals surface area contributed by atoms with Crippen molar-refractivity contribution in [1.82, 2.24) is 15.0 Å². The SMILES string of the molecule is COC(=O)C(C)Oc1ccccc1-n1nnc2cc(F)c(N3C(=O)C4CCCCC4C3=O)cc21. The summed E-state index contributed by atoms with van der Waals surface area (Å²) in [6.07, 6.45) is 2.16. The third-order valence-electron chi connectivity index (χ3n) is 6.53. The van der Waals surface area contributed by atoms with E-state index in [4.69, 9.17) is 9.47 Å². The second-order valence-electron chi connectivity index (χ2n) is 8.55. The van der Waals surface area contributed by atoms with Gasteiger partial charge in [-0.3, -0.25) is 9.59 Å². The minimum Gasteiger partial charge on any atom is -0.477 e. The van der Waals surface area contributed by atoms with E-state index in [1.165, 1.54) is 17.9 Å². The number of amides is 2. The van der Waals surface area contributed by atoms with Crippen molar-refractivity contribution in [3.63, 3.8) is 0 Å². The van der Waals surface area contributed by atoms with E-state index in [1.807, 2.05) is 0 Å². The van der Waals surface area contributed by atoms with Gasteiger partial charge in [-0.2, -0.15) is 0 Å². The minimum absolute atomic E-state index is 0.109. The van der Waals surface area contributed by atoms with Crippen molar-refractivity contribution in [3.8, 4) is 11.4 Å². The number of fused-ring (bicyclic) bond motifs is 2. The first-order valence-electron chi connectivity index (χ1n) is 11.2. The molecule has 2 aliphatic rings. The lowest BCUT2D eigenvalue weighted by molar-refractivity contribution is -0.147. The predicted octanol–water partition coefficient (Wildman–Crippen LogP) is 3.18. The van der Waals surface area contributed by atoms with E-state index in [9.17, 15) is 14.4 Å². The molecule has 1 aromatic heterocycles. The third-order valence-corrected chi connectivity index (χ3v) is 6.53. The minimum atomic E-state index is -0.878. The highest BCUT2D eigenvalue weighted by Gasteiger charge is 2.49. The number of imide groups is 1. The summed E-state index contributed by atoms with van der Waals surface area (Å²) in [5, 5.41) is 8.18. The number of methoxy groups -OCH3 is 1. The summed E-state index contributed by atoms with van der Waals surface area (Å²) in [6, 6.07) is 9.43. The molecule has 176 valence electrons. The van der Waals surface area contributed by atoms with Crippen LogP contribution in [0.3, 0.4) is 0 Å². The summed E-state index contributed by atoms with van der Waals surface area (Å²) in [7, 11) is 1.27. The highest BCUT2D eigenvalue weighted by molar-refractivity contribution is 6.22. The molecule has 1 saturated heterocycles. The van der Waals surface area contributed by atoms with Crippen LogP contribution in [0.4, 0.5) is 10.1 Å². The number of esters is 1. The van der Waals surface area contributed by atoms with Crippen LogP contribution in [0, 0.1) is 17.7 Å². The molecule has 0 radical (unpaired) electrons. The molecule has 34 heavy (non-hydrogen) atoms. The van der Waals surface area contributed by atoms with Crippen LogP contribution in [0.25, 0.3) is 16.7 Å². The number of carbonyl (C=O) groups excluding carboxylic acids is 3. The molecule has 3 atom stereocenters. The number of halogens is 1. The molecule has 1 saturated carbocycles. The summed E-state index contributed by atoms with van der Waals surface area (Å²) in [5.74, 6) is -2.44. The molecule has 2 fully saturated rings. The number of carbonyl (C=O) groups is 3. The second kappa shape index (κ2) is 8.51. The fourth-order valence-electron chi connectivity index (χ4n) is 4.82. The van der Waals surface area contributed by atoms with Crippen LogP contribution in [-0.4, -0.2) is 46.0 Å². The van der Waals surface area contributed by atoms with E-state index < -0.39 is 29.7 Å². The van der Waals surface area contributed by atoms with Gasteiger partial charge in [-0.1, -0.05) is 30.2 Å². The quantitative estimate of drug-likeness (QED) is 0.420. The van der Waals surface area contributed by atoms with Gasteiger partial charge in [-0.15, -0.1) is 5.10 Å². The largest absolute Gasteiger partial charge is 0.477 e. The number of anilines is 1. The maximum atomic E-state index is 15.1. The van der Waals surface area contributed by atoms with Crippen LogP contribution in [0.15, 0.2) is 36.4 Å². The number of aromatic nitrogens is 3. The lowest BCUT2D eigenvalue weighted by atomic mass is 9.81. The highest BCUT2D eigenvalue weighted by atomic mass is 19.1. The Balaban J connectivity index is 1.58. The molecular weight excluding hydrogens is 443 g/mol. The van der Waals surface area contributed by atoms with Crippen LogP contribution >= 0.6 is 0 Å². The zero-order valence-electron chi connectivity index (χ0n) is 18.7. The van der Waals surface area contributed by atoms with Gasteiger partial charge in [-0.25, -0.2) is 18.8 Å². The molecule has 5 rings (SSSR count). The zero-order chi connectivity index (χ0) is 24.0. The molecule has 2 heterocycles. The molecule has 1 aliphatic heterocycles. The number of nitrogens with zero attached hydrogens (tertiary/aromatic N) is 4. The monoisotopic (exact) mass is 466 g/mol. The van der Waals surface area contributed by atoms with E-state index in [0.29, 0.717) is 29.8 Å². The van der Waals surface area contributed by atoms with Crippen LogP contribution in [-0.2, 0) is 19.1 Å². The lowest BCUT2D eigenvalue weighted by Crippen LogP contribution is -2.31. The summed E-state index contributed by atoms with van der Waals surface area (Å²) < 4.78 is 27.0. The van der Waals surface area contributed by atoms with Crippen molar-refractivity contribution < 1.29 is 28.2 Å².